The van der Waals surface area contributed by atoms with E-state index in [2.05, 4.69) is 0 Å². The highest BCUT2D eigenvalue weighted by atomic mass is 35.5. The number of nitrogens with zero attached hydrogens (tertiary/aromatic N) is 2. The molecule has 0 aromatic heterocycles. The summed E-state index contributed by atoms with van der Waals surface area (Å²) in [4.78, 5) is 14.7. The van der Waals surface area contributed by atoms with Crippen molar-refractivity contribution >= 4 is 28.3 Å². The number of sulfonamides is 1. The third kappa shape index (κ3) is 6.23. The van der Waals surface area contributed by atoms with Gasteiger partial charge in [-0.05, 0) is 31.7 Å². The molecule has 0 radical (unpaired) electrons. The number of hydrogen-bond acceptors (Lipinski definition) is 4. The Morgan fingerprint density at radius 3 is 2.58 bits per heavy atom. The van der Waals surface area contributed by atoms with Crippen LogP contribution in [0.2, 0.25) is 0 Å². The molecule has 1 saturated heterocycles. The highest BCUT2D eigenvalue weighted by molar-refractivity contribution is 7.89. The van der Waals surface area contributed by atoms with Crippen molar-refractivity contribution in [1.82, 2.24) is 9.21 Å². The molecule has 0 aliphatic carbocycles. The minimum atomic E-state index is -3.24. The average molecular weight is 404 g/mol. The van der Waals surface area contributed by atoms with Crippen LogP contribution in [-0.2, 0) is 21.2 Å². The molecule has 26 heavy (non-hydrogen) atoms. The molecule has 148 valence electrons. The zero-order valence-electron chi connectivity index (χ0n) is 15.3. The molecule has 1 aromatic rings. The van der Waals surface area contributed by atoms with Crippen LogP contribution in [-0.4, -0.2) is 62.0 Å². The lowest BCUT2D eigenvalue weighted by atomic mass is 9.97. The standard InChI is InChI=1S/C18H29N3O3S.ClH/c1-2-25(23,24)21-12-6-9-17(15-21)18(22)20(14-11-19)13-10-16-7-4-3-5-8-16;/h3-5,7-8,17H,2,6,9-15,19H2,1H3;1H. The van der Waals surface area contributed by atoms with Gasteiger partial charge < -0.3 is 10.6 Å². The number of carbonyl (C=O) groups excluding carboxylic acids is 1. The molecule has 2 N–H and O–H groups in total. The first kappa shape index (κ1) is 22.9. The third-order valence-electron chi connectivity index (χ3n) is 4.72. The van der Waals surface area contributed by atoms with E-state index in [1.807, 2.05) is 30.3 Å². The molecular weight excluding hydrogens is 374 g/mol. The average Bonchev–Trinajstić information content (AvgIpc) is 2.65. The summed E-state index contributed by atoms with van der Waals surface area (Å²) in [6.45, 7) is 3.97. The topological polar surface area (TPSA) is 83.7 Å². The van der Waals surface area contributed by atoms with Gasteiger partial charge in [-0.25, -0.2) is 12.7 Å². The van der Waals surface area contributed by atoms with Gasteiger partial charge in [0.1, 0.15) is 0 Å². The molecule has 1 fully saturated rings. The maximum atomic E-state index is 12.9. The molecule has 1 aliphatic heterocycles. The minimum absolute atomic E-state index is 0. The Kier molecular flexibility index (Phi) is 9.57. The first-order chi connectivity index (χ1) is 12.0. The highest BCUT2D eigenvalue weighted by Crippen LogP contribution is 2.21. The van der Waals surface area contributed by atoms with Crippen LogP contribution in [0.25, 0.3) is 0 Å². The molecule has 1 aliphatic rings. The Bertz CT molecular complexity index is 655. The van der Waals surface area contributed by atoms with E-state index in [4.69, 9.17) is 5.73 Å². The second-order valence-corrected chi connectivity index (χ2v) is 8.70. The molecule has 1 amide bonds. The van der Waals surface area contributed by atoms with Gasteiger partial charge in [0, 0.05) is 32.7 Å². The highest BCUT2D eigenvalue weighted by Gasteiger charge is 2.33. The number of hydrogen-bond donors (Lipinski definition) is 1. The number of nitrogens with two attached hydrogens (primary N) is 1. The van der Waals surface area contributed by atoms with Crippen molar-refractivity contribution in [2.45, 2.75) is 26.2 Å². The molecule has 2 rings (SSSR count). The molecule has 0 bridgehead atoms. The van der Waals surface area contributed by atoms with Crippen molar-refractivity contribution in [2.75, 3.05) is 38.5 Å². The van der Waals surface area contributed by atoms with Crippen molar-refractivity contribution < 1.29 is 13.2 Å². The van der Waals surface area contributed by atoms with Gasteiger partial charge in [0.15, 0.2) is 0 Å². The van der Waals surface area contributed by atoms with Crippen LogP contribution >= 0.6 is 12.4 Å². The van der Waals surface area contributed by atoms with E-state index in [1.54, 1.807) is 11.8 Å². The number of carbonyl (C=O) groups is 1. The van der Waals surface area contributed by atoms with Crippen LogP contribution in [0.3, 0.4) is 0 Å². The van der Waals surface area contributed by atoms with Crippen molar-refractivity contribution in [1.29, 1.82) is 0 Å². The Hall–Kier alpha value is -1.15. The number of rotatable bonds is 8. The SMILES string of the molecule is CCS(=O)(=O)N1CCCC(C(=O)N(CCN)CCc2ccccc2)C1.Cl. The summed E-state index contributed by atoms with van der Waals surface area (Å²) in [5.74, 6) is -0.163. The molecule has 8 heteroatoms. The number of halogens is 1. The normalized spacial score (nSPS) is 18.2. The first-order valence-corrected chi connectivity index (χ1v) is 10.6. The fourth-order valence-corrected chi connectivity index (χ4v) is 4.41. The van der Waals surface area contributed by atoms with Gasteiger partial charge in [-0.3, -0.25) is 4.79 Å². The first-order valence-electron chi connectivity index (χ1n) is 8.98. The summed E-state index contributed by atoms with van der Waals surface area (Å²) in [5.41, 5.74) is 6.86. The quantitative estimate of drug-likeness (QED) is 0.712. The largest absolute Gasteiger partial charge is 0.341 e. The summed E-state index contributed by atoms with van der Waals surface area (Å²) in [7, 11) is -3.24. The van der Waals surface area contributed by atoms with Gasteiger partial charge in [0.2, 0.25) is 15.9 Å². The Balaban J connectivity index is 0.00000338. The summed E-state index contributed by atoms with van der Waals surface area (Å²) in [6, 6.07) is 10.0. The number of amides is 1. The smallest absolute Gasteiger partial charge is 0.227 e. The van der Waals surface area contributed by atoms with Gasteiger partial charge in [-0.15, -0.1) is 12.4 Å². The molecule has 1 atom stereocenters. The second-order valence-electron chi connectivity index (χ2n) is 6.45. The lowest BCUT2D eigenvalue weighted by Crippen LogP contribution is -2.48. The van der Waals surface area contributed by atoms with Crippen LogP contribution in [0, 0.1) is 5.92 Å². The Morgan fingerprint density at radius 1 is 1.27 bits per heavy atom. The molecule has 1 heterocycles. The zero-order chi connectivity index (χ0) is 18.3. The van der Waals surface area contributed by atoms with E-state index in [9.17, 15) is 13.2 Å². The van der Waals surface area contributed by atoms with Crippen LogP contribution in [0.15, 0.2) is 30.3 Å². The van der Waals surface area contributed by atoms with Crippen molar-refractivity contribution in [3.8, 4) is 0 Å². The lowest BCUT2D eigenvalue weighted by molar-refractivity contribution is -0.136. The number of piperidine rings is 1. The van der Waals surface area contributed by atoms with Crippen LogP contribution in [0.5, 0.6) is 0 Å². The van der Waals surface area contributed by atoms with Crippen molar-refractivity contribution in [3.63, 3.8) is 0 Å². The predicted molar refractivity (Wildman–Crippen MR) is 107 cm³/mol. The van der Waals surface area contributed by atoms with Gasteiger partial charge in [0.05, 0.1) is 11.7 Å². The molecule has 1 aromatic carbocycles. The van der Waals surface area contributed by atoms with Gasteiger partial charge in [-0.1, -0.05) is 30.3 Å². The second kappa shape index (κ2) is 10.9. The van der Waals surface area contributed by atoms with Crippen LogP contribution < -0.4 is 5.73 Å². The van der Waals surface area contributed by atoms with Crippen molar-refractivity contribution in [2.24, 2.45) is 11.7 Å². The van der Waals surface area contributed by atoms with E-state index in [1.165, 1.54) is 9.87 Å². The fraction of sp³-hybridized carbons (Fsp3) is 0.611. The Morgan fingerprint density at radius 2 is 1.96 bits per heavy atom. The third-order valence-corrected chi connectivity index (χ3v) is 6.56. The summed E-state index contributed by atoms with van der Waals surface area (Å²) >= 11 is 0. The van der Waals surface area contributed by atoms with Gasteiger partial charge in [0.25, 0.3) is 0 Å². The van der Waals surface area contributed by atoms with Gasteiger partial charge in [-0.2, -0.15) is 0 Å². The lowest BCUT2D eigenvalue weighted by Gasteiger charge is -2.34. The minimum Gasteiger partial charge on any atom is -0.341 e. The molecule has 0 saturated carbocycles. The van der Waals surface area contributed by atoms with E-state index in [0.717, 1.165) is 19.3 Å². The maximum Gasteiger partial charge on any atom is 0.227 e. The summed E-state index contributed by atoms with van der Waals surface area (Å²) in [5, 5.41) is 0. The molecular formula is C18H30ClN3O3S. The molecule has 0 spiro atoms. The van der Waals surface area contributed by atoms with Crippen LogP contribution in [0.1, 0.15) is 25.3 Å². The van der Waals surface area contributed by atoms with E-state index in [-0.39, 0.29) is 30.0 Å². The van der Waals surface area contributed by atoms with Gasteiger partial charge >= 0.3 is 0 Å². The number of benzene rings is 1. The van der Waals surface area contributed by atoms with E-state index < -0.39 is 10.0 Å². The monoisotopic (exact) mass is 403 g/mol. The van der Waals surface area contributed by atoms with Crippen molar-refractivity contribution in [3.05, 3.63) is 35.9 Å². The summed E-state index contributed by atoms with van der Waals surface area (Å²) < 4.78 is 25.7. The molecule has 6 nitrogen and oxygen atoms in total. The predicted octanol–water partition coefficient (Wildman–Crippen LogP) is 1.50. The fourth-order valence-electron chi connectivity index (χ4n) is 3.23. The van der Waals surface area contributed by atoms with E-state index >= 15 is 0 Å². The van der Waals surface area contributed by atoms with Crippen LogP contribution in [0.4, 0.5) is 0 Å². The maximum absolute atomic E-state index is 12.9. The Labute approximate surface area is 163 Å². The zero-order valence-corrected chi connectivity index (χ0v) is 17.0. The van der Waals surface area contributed by atoms with E-state index in [0.29, 0.717) is 32.7 Å². The molecule has 1 unspecified atom stereocenters. The summed E-state index contributed by atoms with van der Waals surface area (Å²) in [6.07, 6.45) is 2.24.